The van der Waals surface area contributed by atoms with Crippen molar-refractivity contribution in [2.45, 2.75) is 38.1 Å². The molecular formula is C23H25F2N7O. The molecule has 1 fully saturated rings. The summed E-state index contributed by atoms with van der Waals surface area (Å²) in [6.45, 7) is 1.48. The van der Waals surface area contributed by atoms with E-state index in [1.165, 1.54) is 17.2 Å². The number of halogens is 2. The topological polar surface area (TPSA) is 88.0 Å². The molecular weight excluding hydrogens is 428 g/mol. The van der Waals surface area contributed by atoms with Gasteiger partial charge < -0.3 is 15.5 Å². The normalized spacial score (nSPS) is 16.0. The number of hydrogen-bond acceptors (Lipinski definition) is 5. The van der Waals surface area contributed by atoms with Gasteiger partial charge in [-0.25, -0.2) is 13.6 Å². The molecule has 172 valence electrons. The number of piperidine rings is 1. The summed E-state index contributed by atoms with van der Waals surface area (Å²) >= 11 is 0. The van der Waals surface area contributed by atoms with E-state index in [2.05, 4.69) is 30.8 Å². The molecule has 0 saturated carbocycles. The van der Waals surface area contributed by atoms with E-state index in [9.17, 15) is 13.6 Å². The van der Waals surface area contributed by atoms with Crippen molar-refractivity contribution in [2.75, 3.05) is 23.3 Å². The van der Waals surface area contributed by atoms with Crippen LogP contribution in [-0.4, -0.2) is 45.1 Å². The Morgan fingerprint density at radius 3 is 2.61 bits per heavy atom. The zero-order chi connectivity index (χ0) is 22.9. The summed E-state index contributed by atoms with van der Waals surface area (Å²) < 4.78 is 28.6. The van der Waals surface area contributed by atoms with Crippen molar-refractivity contribution in [3.8, 4) is 11.4 Å². The van der Waals surface area contributed by atoms with Gasteiger partial charge in [-0.3, -0.25) is 4.68 Å². The lowest BCUT2D eigenvalue weighted by Crippen LogP contribution is -2.46. The minimum Gasteiger partial charge on any atom is -0.355 e. The fourth-order valence-corrected chi connectivity index (χ4v) is 4.71. The third kappa shape index (κ3) is 4.24. The SMILES string of the molecule is Cn1nccc1-c1nnc(N2CCC(NC(=O)Nc3ccc(F)cc3F)CC2)c2c1CCC2. The van der Waals surface area contributed by atoms with E-state index < -0.39 is 17.7 Å². The number of carbonyl (C=O) groups is 1. The van der Waals surface area contributed by atoms with Gasteiger partial charge in [0.05, 0.1) is 11.4 Å². The molecule has 2 aromatic heterocycles. The van der Waals surface area contributed by atoms with Crippen molar-refractivity contribution < 1.29 is 13.6 Å². The molecule has 0 unspecified atom stereocenters. The van der Waals surface area contributed by atoms with Crippen molar-refractivity contribution in [2.24, 2.45) is 7.05 Å². The first kappa shape index (κ1) is 21.3. The lowest BCUT2D eigenvalue weighted by atomic mass is 10.0. The molecule has 2 N–H and O–H groups in total. The molecule has 0 bridgehead atoms. The number of carbonyl (C=O) groups excluding carboxylic acids is 1. The molecule has 0 radical (unpaired) electrons. The van der Waals surface area contributed by atoms with Gasteiger partial charge in [0.15, 0.2) is 5.82 Å². The smallest absolute Gasteiger partial charge is 0.319 e. The van der Waals surface area contributed by atoms with Crippen LogP contribution in [0.3, 0.4) is 0 Å². The molecule has 1 aliphatic heterocycles. The van der Waals surface area contributed by atoms with E-state index in [1.807, 2.05) is 17.8 Å². The number of rotatable bonds is 4. The van der Waals surface area contributed by atoms with Gasteiger partial charge in [0.25, 0.3) is 0 Å². The molecule has 1 aromatic carbocycles. The summed E-state index contributed by atoms with van der Waals surface area (Å²) in [6.07, 6.45) is 6.28. The van der Waals surface area contributed by atoms with Gasteiger partial charge in [-0.15, -0.1) is 10.2 Å². The number of urea groups is 1. The summed E-state index contributed by atoms with van der Waals surface area (Å²) in [4.78, 5) is 14.5. The number of aromatic nitrogens is 4. The minimum absolute atomic E-state index is 0.0421. The number of nitrogens with one attached hydrogen (secondary N) is 2. The van der Waals surface area contributed by atoms with Gasteiger partial charge in [-0.1, -0.05) is 0 Å². The van der Waals surface area contributed by atoms with Crippen LogP contribution < -0.4 is 15.5 Å². The van der Waals surface area contributed by atoms with Crippen molar-refractivity contribution >= 4 is 17.5 Å². The second-order valence-corrected chi connectivity index (χ2v) is 8.51. The van der Waals surface area contributed by atoms with E-state index in [0.717, 1.165) is 74.5 Å². The standard InChI is InChI=1S/C23H25F2N7O/c1-31-20(7-10-26-31)21-16-3-2-4-17(16)22(30-29-21)32-11-8-15(9-12-32)27-23(33)28-19-6-5-14(24)13-18(19)25/h5-7,10,13,15H,2-4,8-9,11-12H2,1H3,(H2,27,28,33). The Hall–Kier alpha value is -3.56. The van der Waals surface area contributed by atoms with Gasteiger partial charge in [0.1, 0.15) is 17.3 Å². The van der Waals surface area contributed by atoms with Gasteiger partial charge in [0.2, 0.25) is 0 Å². The summed E-state index contributed by atoms with van der Waals surface area (Å²) in [7, 11) is 1.91. The Morgan fingerprint density at radius 2 is 1.88 bits per heavy atom. The highest BCUT2D eigenvalue weighted by Crippen LogP contribution is 2.36. The van der Waals surface area contributed by atoms with Crippen LogP contribution in [0.2, 0.25) is 0 Å². The fourth-order valence-electron chi connectivity index (χ4n) is 4.71. The molecule has 1 saturated heterocycles. The van der Waals surface area contributed by atoms with E-state index >= 15 is 0 Å². The van der Waals surface area contributed by atoms with Gasteiger partial charge >= 0.3 is 6.03 Å². The number of fused-ring (bicyclic) bond motifs is 1. The molecule has 0 atom stereocenters. The Kier molecular flexibility index (Phi) is 5.65. The van der Waals surface area contributed by atoms with Gasteiger partial charge in [0, 0.05) is 44.0 Å². The van der Waals surface area contributed by atoms with Gasteiger partial charge in [-0.05, 0) is 55.9 Å². The third-order valence-corrected chi connectivity index (χ3v) is 6.39. The molecule has 33 heavy (non-hydrogen) atoms. The number of hydrogen-bond donors (Lipinski definition) is 2. The first-order valence-corrected chi connectivity index (χ1v) is 11.1. The van der Waals surface area contributed by atoms with E-state index in [-0.39, 0.29) is 11.7 Å². The maximum absolute atomic E-state index is 13.8. The van der Waals surface area contributed by atoms with Crippen molar-refractivity contribution in [1.29, 1.82) is 0 Å². The largest absolute Gasteiger partial charge is 0.355 e. The predicted octanol–water partition coefficient (Wildman–Crippen LogP) is 3.43. The fraction of sp³-hybridized carbons (Fsp3) is 0.391. The van der Waals surface area contributed by atoms with Crippen molar-refractivity contribution in [3.05, 3.63) is 53.2 Å². The van der Waals surface area contributed by atoms with E-state index in [4.69, 9.17) is 0 Å². The lowest BCUT2D eigenvalue weighted by molar-refractivity contribution is 0.246. The zero-order valence-corrected chi connectivity index (χ0v) is 18.3. The summed E-state index contributed by atoms with van der Waals surface area (Å²) in [6, 6.07) is 4.48. The molecule has 8 nitrogen and oxygen atoms in total. The first-order valence-electron chi connectivity index (χ1n) is 11.1. The number of aryl methyl sites for hydroxylation is 1. The van der Waals surface area contributed by atoms with Gasteiger partial charge in [-0.2, -0.15) is 5.10 Å². The summed E-state index contributed by atoms with van der Waals surface area (Å²) in [5.74, 6) is -0.555. The average molecular weight is 453 g/mol. The Labute approximate surface area is 190 Å². The number of anilines is 2. The maximum Gasteiger partial charge on any atom is 0.319 e. The predicted molar refractivity (Wildman–Crippen MR) is 120 cm³/mol. The Morgan fingerprint density at radius 1 is 1.09 bits per heavy atom. The van der Waals surface area contributed by atoms with Crippen molar-refractivity contribution in [3.63, 3.8) is 0 Å². The van der Waals surface area contributed by atoms with Crippen LogP contribution in [0.4, 0.5) is 25.1 Å². The molecule has 3 aromatic rings. The van der Waals surface area contributed by atoms with Crippen LogP contribution in [0.5, 0.6) is 0 Å². The number of benzene rings is 1. The number of amides is 2. The van der Waals surface area contributed by atoms with E-state index in [1.54, 1.807) is 6.20 Å². The Balaban J connectivity index is 1.23. The number of nitrogens with zero attached hydrogens (tertiary/aromatic N) is 5. The quantitative estimate of drug-likeness (QED) is 0.632. The first-order chi connectivity index (χ1) is 16.0. The Bertz CT molecular complexity index is 1190. The van der Waals surface area contributed by atoms with Crippen molar-refractivity contribution in [1.82, 2.24) is 25.3 Å². The lowest BCUT2D eigenvalue weighted by Gasteiger charge is -2.34. The third-order valence-electron chi connectivity index (χ3n) is 6.39. The molecule has 2 aliphatic rings. The molecule has 2 amide bonds. The summed E-state index contributed by atoms with van der Waals surface area (Å²) in [5, 5.41) is 18.8. The van der Waals surface area contributed by atoms with Crippen LogP contribution in [0.15, 0.2) is 30.5 Å². The highest BCUT2D eigenvalue weighted by molar-refractivity contribution is 5.89. The summed E-state index contributed by atoms with van der Waals surface area (Å²) in [5.41, 5.74) is 4.35. The highest BCUT2D eigenvalue weighted by atomic mass is 19.1. The van der Waals surface area contributed by atoms with E-state index in [0.29, 0.717) is 0 Å². The second kappa shape index (κ2) is 8.76. The van der Waals surface area contributed by atoms with Crippen LogP contribution in [0, 0.1) is 11.6 Å². The monoisotopic (exact) mass is 453 g/mol. The van der Waals surface area contributed by atoms with Crippen LogP contribution >= 0.6 is 0 Å². The minimum atomic E-state index is -0.804. The molecule has 0 spiro atoms. The molecule has 3 heterocycles. The van der Waals surface area contributed by atoms with Crippen LogP contribution in [0.25, 0.3) is 11.4 Å². The zero-order valence-electron chi connectivity index (χ0n) is 18.3. The molecule has 10 heteroatoms. The molecule has 5 rings (SSSR count). The average Bonchev–Trinajstić information content (AvgIpc) is 3.45. The maximum atomic E-state index is 13.8. The highest BCUT2D eigenvalue weighted by Gasteiger charge is 2.28. The molecule has 1 aliphatic carbocycles. The van der Waals surface area contributed by atoms with Crippen LogP contribution in [0.1, 0.15) is 30.4 Å². The second-order valence-electron chi connectivity index (χ2n) is 8.51. The van der Waals surface area contributed by atoms with Crippen LogP contribution in [-0.2, 0) is 19.9 Å².